The first-order valence-electron chi connectivity index (χ1n) is 6.79. The summed E-state index contributed by atoms with van der Waals surface area (Å²) in [6.45, 7) is 0.602. The van der Waals surface area contributed by atoms with E-state index in [1.54, 1.807) is 0 Å². The average Bonchev–Trinajstić information content (AvgIpc) is 2.86. The fraction of sp³-hybridized carbons (Fsp3) is 0.400. The molecule has 1 aliphatic carbocycles. The highest BCUT2D eigenvalue weighted by atomic mass is 79.9. The van der Waals surface area contributed by atoms with Crippen molar-refractivity contribution in [1.82, 2.24) is 9.55 Å². The number of benzene rings is 1. The van der Waals surface area contributed by atoms with Gasteiger partial charge in [0.2, 0.25) is 0 Å². The Morgan fingerprint density at radius 3 is 2.68 bits per heavy atom. The van der Waals surface area contributed by atoms with Gasteiger partial charge in [-0.1, -0.05) is 28.1 Å². The summed E-state index contributed by atoms with van der Waals surface area (Å²) in [4.78, 5) is 4.57. The minimum absolute atomic E-state index is 0.197. The number of aromatic nitrogens is 2. The maximum atomic E-state index is 6.01. The van der Waals surface area contributed by atoms with Crippen molar-refractivity contribution in [2.24, 2.45) is 5.73 Å². The summed E-state index contributed by atoms with van der Waals surface area (Å²) in [5.41, 5.74) is 9.90. The molecule has 2 aromatic rings. The first kappa shape index (κ1) is 12.9. The Morgan fingerprint density at radius 2 is 1.95 bits per heavy atom. The number of imidazole rings is 1. The van der Waals surface area contributed by atoms with Crippen LogP contribution in [0.15, 0.2) is 35.1 Å². The van der Waals surface area contributed by atoms with Gasteiger partial charge in [-0.3, -0.25) is 0 Å². The summed E-state index contributed by atoms with van der Waals surface area (Å²) in [5, 5.41) is 0. The van der Waals surface area contributed by atoms with E-state index in [2.05, 4.69) is 49.7 Å². The van der Waals surface area contributed by atoms with Gasteiger partial charge in [0, 0.05) is 16.7 Å². The van der Waals surface area contributed by atoms with Gasteiger partial charge in [0.1, 0.15) is 0 Å². The minimum atomic E-state index is 0.197. The van der Waals surface area contributed by atoms with E-state index >= 15 is 0 Å². The number of rotatable bonds is 3. The minimum Gasteiger partial charge on any atom is -0.328 e. The van der Waals surface area contributed by atoms with Gasteiger partial charge in [0.05, 0.1) is 18.1 Å². The van der Waals surface area contributed by atoms with Crippen LogP contribution in [-0.4, -0.2) is 16.1 Å². The molecule has 1 unspecified atom stereocenters. The zero-order valence-electron chi connectivity index (χ0n) is 10.8. The summed E-state index contributed by atoms with van der Waals surface area (Å²) < 4.78 is 3.37. The van der Waals surface area contributed by atoms with Crippen LogP contribution in [0.2, 0.25) is 0 Å². The molecule has 19 heavy (non-hydrogen) atoms. The van der Waals surface area contributed by atoms with Crippen LogP contribution < -0.4 is 5.73 Å². The van der Waals surface area contributed by atoms with Crippen molar-refractivity contribution < 1.29 is 0 Å². The van der Waals surface area contributed by atoms with E-state index in [0.717, 1.165) is 17.3 Å². The standard InChI is InChI=1S/C15H18BrN3/c16-12-7-5-11(6-8-12)15(9-17)19-10-18-13-3-1-2-4-14(13)19/h5-8,10,15H,1-4,9,17H2. The van der Waals surface area contributed by atoms with Gasteiger partial charge in [0.15, 0.2) is 0 Å². The van der Waals surface area contributed by atoms with Gasteiger partial charge in [-0.05, 0) is 43.4 Å². The van der Waals surface area contributed by atoms with Gasteiger partial charge in [-0.15, -0.1) is 0 Å². The summed E-state index contributed by atoms with van der Waals surface area (Å²) in [7, 11) is 0. The zero-order valence-corrected chi connectivity index (χ0v) is 12.4. The molecular formula is C15H18BrN3. The second-order valence-corrected chi connectivity index (χ2v) is 5.97. The molecule has 0 aliphatic heterocycles. The van der Waals surface area contributed by atoms with E-state index in [9.17, 15) is 0 Å². The van der Waals surface area contributed by atoms with E-state index in [1.807, 2.05) is 6.33 Å². The molecule has 0 bridgehead atoms. The molecule has 1 aromatic carbocycles. The smallest absolute Gasteiger partial charge is 0.0957 e. The van der Waals surface area contributed by atoms with Gasteiger partial charge in [0.25, 0.3) is 0 Å². The van der Waals surface area contributed by atoms with Crippen LogP contribution in [-0.2, 0) is 12.8 Å². The van der Waals surface area contributed by atoms with Crippen molar-refractivity contribution in [3.63, 3.8) is 0 Å². The van der Waals surface area contributed by atoms with Crippen LogP contribution in [0.4, 0.5) is 0 Å². The van der Waals surface area contributed by atoms with Crippen LogP contribution in [0.25, 0.3) is 0 Å². The van der Waals surface area contributed by atoms with Crippen LogP contribution >= 0.6 is 15.9 Å². The lowest BCUT2D eigenvalue weighted by molar-refractivity contribution is 0.547. The number of fused-ring (bicyclic) bond motifs is 1. The number of nitrogens with zero attached hydrogens (tertiary/aromatic N) is 2. The van der Waals surface area contributed by atoms with Crippen molar-refractivity contribution in [2.45, 2.75) is 31.7 Å². The SMILES string of the molecule is NCC(c1ccc(Br)cc1)n1cnc2c1CCCC2. The summed E-state index contributed by atoms with van der Waals surface area (Å²) in [6, 6.07) is 8.61. The van der Waals surface area contributed by atoms with Crippen molar-refractivity contribution >= 4 is 15.9 Å². The average molecular weight is 320 g/mol. The van der Waals surface area contributed by atoms with Crippen LogP contribution in [0.5, 0.6) is 0 Å². The van der Waals surface area contributed by atoms with Gasteiger partial charge >= 0.3 is 0 Å². The maximum Gasteiger partial charge on any atom is 0.0957 e. The molecule has 0 spiro atoms. The fourth-order valence-electron chi connectivity index (χ4n) is 2.86. The highest BCUT2D eigenvalue weighted by Crippen LogP contribution is 2.26. The molecule has 0 saturated carbocycles. The Hall–Kier alpha value is -1.13. The summed E-state index contributed by atoms with van der Waals surface area (Å²) in [6.07, 6.45) is 6.73. The van der Waals surface area contributed by atoms with E-state index in [-0.39, 0.29) is 6.04 Å². The molecule has 4 heteroatoms. The van der Waals surface area contributed by atoms with Crippen molar-refractivity contribution in [3.05, 3.63) is 52.0 Å². The Labute approximate surface area is 122 Å². The molecular weight excluding hydrogens is 302 g/mol. The number of hydrogen-bond acceptors (Lipinski definition) is 2. The molecule has 1 aromatic heterocycles. The third-order valence-electron chi connectivity index (χ3n) is 3.87. The summed E-state index contributed by atoms with van der Waals surface area (Å²) >= 11 is 3.47. The topological polar surface area (TPSA) is 43.8 Å². The first-order chi connectivity index (χ1) is 9.29. The van der Waals surface area contributed by atoms with Gasteiger partial charge in [-0.25, -0.2) is 4.98 Å². The van der Waals surface area contributed by atoms with Crippen molar-refractivity contribution in [2.75, 3.05) is 6.54 Å². The molecule has 3 rings (SSSR count). The second kappa shape index (κ2) is 5.47. The summed E-state index contributed by atoms with van der Waals surface area (Å²) in [5.74, 6) is 0. The monoisotopic (exact) mass is 319 g/mol. The first-order valence-corrected chi connectivity index (χ1v) is 7.59. The largest absolute Gasteiger partial charge is 0.328 e. The number of nitrogens with two attached hydrogens (primary N) is 1. The molecule has 1 aliphatic rings. The molecule has 0 saturated heterocycles. The second-order valence-electron chi connectivity index (χ2n) is 5.06. The fourth-order valence-corrected chi connectivity index (χ4v) is 3.12. The van der Waals surface area contributed by atoms with Crippen LogP contribution in [0.1, 0.15) is 35.8 Å². The Kier molecular flexibility index (Phi) is 3.71. The number of hydrogen-bond donors (Lipinski definition) is 1. The molecule has 0 radical (unpaired) electrons. The van der Waals surface area contributed by atoms with E-state index in [0.29, 0.717) is 6.54 Å². The quantitative estimate of drug-likeness (QED) is 0.944. The van der Waals surface area contributed by atoms with Crippen LogP contribution in [0.3, 0.4) is 0 Å². The third-order valence-corrected chi connectivity index (χ3v) is 4.40. The lowest BCUT2D eigenvalue weighted by Crippen LogP contribution is -2.22. The molecule has 0 fully saturated rings. The number of halogens is 1. The number of aryl methyl sites for hydroxylation is 1. The molecule has 0 amide bonds. The molecule has 2 N–H and O–H groups in total. The predicted octanol–water partition coefficient (Wildman–Crippen LogP) is 3.07. The zero-order chi connectivity index (χ0) is 13.2. The lowest BCUT2D eigenvalue weighted by Gasteiger charge is -2.22. The lowest BCUT2D eigenvalue weighted by atomic mass is 9.99. The maximum absolute atomic E-state index is 6.01. The van der Waals surface area contributed by atoms with E-state index < -0.39 is 0 Å². The van der Waals surface area contributed by atoms with Gasteiger partial charge in [-0.2, -0.15) is 0 Å². The van der Waals surface area contributed by atoms with Crippen LogP contribution in [0, 0.1) is 0 Å². The molecule has 1 heterocycles. The van der Waals surface area contributed by atoms with Crippen molar-refractivity contribution in [3.8, 4) is 0 Å². The van der Waals surface area contributed by atoms with E-state index in [1.165, 1.54) is 29.8 Å². The third kappa shape index (κ3) is 2.47. The van der Waals surface area contributed by atoms with Crippen molar-refractivity contribution in [1.29, 1.82) is 0 Å². The van der Waals surface area contributed by atoms with Gasteiger partial charge < -0.3 is 10.3 Å². The Bertz CT molecular complexity index is 559. The van der Waals surface area contributed by atoms with E-state index in [4.69, 9.17) is 5.73 Å². The highest BCUT2D eigenvalue weighted by molar-refractivity contribution is 9.10. The molecule has 100 valence electrons. The molecule has 1 atom stereocenters. The highest BCUT2D eigenvalue weighted by Gasteiger charge is 2.20. The molecule has 3 nitrogen and oxygen atoms in total. The Balaban J connectivity index is 1.98. The Morgan fingerprint density at radius 1 is 1.21 bits per heavy atom. The predicted molar refractivity (Wildman–Crippen MR) is 80.2 cm³/mol. The normalized spacial score (nSPS) is 16.1.